The lowest BCUT2D eigenvalue weighted by molar-refractivity contribution is -0.114. The van der Waals surface area contributed by atoms with E-state index < -0.39 is 5.97 Å². The van der Waals surface area contributed by atoms with E-state index in [4.69, 9.17) is 16.3 Å². The van der Waals surface area contributed by atoms with Crippen LogP contribution in [0.4, 0.5) is 5.69 Å². The summed E-state index contributed by atoms with van der Waals surface area (Å²) in [5.74, 6) is -0.517. The van der Waals surface area contributed by atoms with Gasteiger partial charge in [0.05, 0.1) is 11.3 Å². The zero-order chi connectivity index (χ0) is 15.4. The van der Waals surface area contributed by atoms with Gasteiger partial charge < -0.3 is 10.1 Å². The molecule has 0 aliphatic rings. The Kier molecular flexibility index (Phi) is 4.98. The molecule has 0 aromatic heterocycles. The maximum Gasteiger partial charge on any atom is 0.343 e. The highest BCUT2D eigenvalue weighted by atomic mass is 79.9. The minimum atomic E-state index is -0.531. The van der Waals surface area contributed by atoms with E-state index in [1.165, 1.54) is 6.92 Å². The molecule has 1 amide bonds. The number of ether oxygens (including phenoxy) is 1. The normalized spacial score (nSPS) is 10.0. The number of hydrogen-bond donors (Lipinski definition) is 1. The summed E-state index contributed by atoms with van der Waals surface area (Å²) in [5.41, 5.74) is 0.793. The lowest BCUT2D eigenvalue weighted by Gasteiger charge is -2.11. The summed E-state index contributed by atoms with van der Waals surface area (Å²) in [6.45, 7) is 1.38. The molecule has 0 fully saturated rings. The van der Waals surface area contributed by atoms with Crippen molar-refractivity contribution in [2.24, 2.45) is 0 Å². The zero-order valence-electron chi connectivity index (χ0n) is 11.0. The summed E-state index contributed by atoms with van der Waals surface area (Å²) in [6.07, 6.45) is 0. The minimum absolute atomic E-state index is 0.249. The van der Waals surface area contributed by atoms with Crippen LogP contribution in [0.5, 0.6) is 5.75 Å². The first-order valence-electron chi connectivity index (χ1n) is 6.00. The summed E-state index contributed by atoms with van der Waals surface area (Å²) in [4.78, 5) is 23.2. The van der Waals surface area contributed by atoms with Gasteiger partial charge in [0, 0.05) is 16.4 Å². The lowest BCUT2D eigenvalue weighted by Crippen LogP contribution is -2.12. The molecule has 0 radical (unpaired) electrons. The van der Waals surface area contributed by atoms with Crippen molar-refractivity contribution in [2.75, 3.05) is 5.32 Å². The largest absolute Gasteiger partial charge is 0.421 e. The standard InChI is InChI=1S/C15H11BrClNO3/c1-9(19)18-13-7-4-11(16)8-14(13)21-15(20)10-2-5-12(17)6-3-10/h2-8H,1H3,(H,18,19). The summed E-state index contributed by atoms with van der Waals surface area (Å²) >= 11 is 9.07. The van der Waals surface area contributed by atoms with Crippen molar-refractivity contribution in [1.82, 2.24) is 0 Å². The molecule has 0 unspecified atom stereocenters. The Labute approximate surface area is 135 Å². The monoisotopic (exact) mass is 367 g/mol. The van der Waals surface area contributed by atoms with Crippen LogP contribution in [-0.4, -0.2) is 11.9 Å². The molecule has 2 aromatic rings. The van der Waals surface area contributed by atoms with Crippen LogP contribution in [0.3, 0.4) is 0 Å². The predicted octanol–water partition coefficient (Wildman–Crippen LogP) is 4.28. The number of rotatable bonds is 3. The topological polar surface area (TPSA) is 55.4 Å². The summed E-state index contributed by atoms with van der Waals surface area (Å²) < 4.78 is 6.06. The number of carbonyl (C=O) groups excluding carboxylic acids is 2. The van der Waals surface area contributed by atoms with Gasteiger partial charge in [-0.05, 0) is 42.5 Å². The predicted molar refractivity (Wildman–Crippen MR) is 84.9 cm³/mol. The van der Waals surface area contributed by atoms with Gasteiger partial charge in [0.15, 0.2) is 5.75 Å². The number of carbonyl (C=O) groups is 2. The van der Waals surface area contributed by atoms with Crippen LogP contribution in [-0.2, 0) is 4.79 Å². The Bertz CT molecular complexity index is 686. The van der Waals surface area contributed by atoms with Crippen molar-refractivity contribution < 1.29 is 14.3 Å². The second-order valence-electron chi connectivity index (χ2n) is 4.22. The van der Waals surface area contributed by atoms with E-state index in [1.807, 2.05) is 0 Å². The zero-order valence-corrected chi connectivity index (χ0v) is 13.4. The summed E-state index contributed by atoms with van der Waals surface area (Å²) in [6, 6.07) is 11.4. The van der Waals surface area contributed by atoms with E-state index in [0.717, 1.165) is 4.47 Å². The van der Waals surface area contributed by atoms with Crippen molar-refractivity contribution >= 4 is 45.1 Å². The maximum atomic E-state index is 12.1. The number of amides is 1. The van der Waals surface area contributed by atoms with Gasteiger partial charge in [0.25, 0.3) is 0 Å². The first-order valence-corrected chi connectivity index (χ1v) is 7.17. The number of benzene rings is 2. The van der Waals surface area contributed by atoms with Gasteiger partial charge in [0.1, 0.15) is 0 Å². The van der Waals surface area contributed by atoms with Crippen molar-refractivity contribution in [2.45, 2.75) is 6.92 Å². The fraction of sp³-hybridized carbons (Fsp3) is 0.0667. The average molecular weight is 369 g/mol. The van der Waals surface area contributed by atoms with Crippen molar-refractivity contribution in [3.8, 4) is 5.75 Å². The summed E-state index contributed by atoms with van der Waals surface area (Å²) in [5, 5.41) is 3.14. The maximum absolute atomic E-state index is 12.1. The molecule has 0 bridgehead atoms. The van der Waals surface area contributed by atoms with E-state index in [-0.39, 0.29) is 11.7 Å². The molecule has 1 N–H and O–H groups in total. The Hall–Kier alpha value is -1.85. The second-order valence-corrected chi connectivity index (χ2v) is 5.57. The van der Waals surface area contributed by atoms with Crippen molar-refractivity contribution in [3.63, 3.8) is 0 Å². The van der Waals surface area contributed by atoms with Crippen LogP contribution in [0.2, 0.25) is 5.02 Å². The van der Waals surface area contributed by atoms with E-state index in [9.17, 15) is 9.59 Å². The van der Waals surface area contributed by atoms with Gasteiger partial charge in [-0.1, -0.05) is 27.5 Å². The molecule has 0 saturated carbocycles. The molecule has 21 heavy (non-hydrogen) atoms. The first-order chi connectivity index (χ1) is 9.95. The van der Waals surface area contributed by atoms with Crippen LogP contribution in [0.25, 0.3) is 0 Å². The number of halogens is 2. The summed E-state index contributed by atoms with van der Waals surface area (Å²) in [7, 11) is 0. The van der Waals surface area contributed by atoms with Gasteiger partial charge in [-0.2, -0.15) is 0 Å². The van der Waals surface area contributed by atoms with Gasteiger partial charge in [-0.15, -0.1) is 0 Å². The van der Waals surface area contributed by atoms with E-state index >= 15 is 0 Å². The second kappa shape index (κ2) is 6.74. The number of esters is 1. The Morgan fingerprint density at radius 2 is 1.81 bits per heavy atom. The molecule has 0 atom stereocenters. The van der Waals surface area contributed by atoms with E-state index in [1.54, 1.807) is 42.5 Å². The highest BCUT2D eigenvalue weighted by molar-refractivity contribution is 9.10. The highest BCUT2D eigenvalue weighted by Gasteiger charge is 2.13. The van der Waals surface area contributed by atoms with Crippen LogP contribution >= 0.6 is 27.5 Å². The molecule has 4 nitrogen and oxygen atoms in total. The molecule has 0 spiro atoms. The van der Waals surface area contributed by atoms with Crippen LogP contribution in [0.15, 0.2) is 46.9 Å². The molecule has 0 heterocycles. The first kappa shape index (κ1) is 15.5. The SMILES string of the molecule is CC(=O)Nc1ccc(Br)cc1OC(=O)c1ccc(Cl)cc1. The molecule has 2 rings (SSSR count). The lowest BCUT2D eigenvalue weighted by atomic mass is 10.2. The fourth-order valence-electron chi connectivity index (χ4n) is 1.62. The molecular formula is C15H11BrClNO3. The molecule has 6 heteroatoms. The highest BCUT2D eigenvalue weighted by Crippen LogP contribution is 2.29. The molecular weight excluding hydrogens is 358 g/mol. The minimum Gasteiger partial charge on any atom is -0.421 e. The van der Waals surface area contributed by atoms with Gasteiger partial charge in [-0.25, -0.2) is 4.79 Å². The third-order valence-corrected chi connectivity index (χ3v) is 3.28. The van der Waals surface area contributed by atoms with Crippen molar-refractivity contribution in [3.05, 3.63) is 57.5 Å². The smallest absolute Gasteiger partial charge is 0.343 e. The number of hydrogen-bond acceptors (Lipinski definition) is 3. The Morgan fingerprint density at radius 1 is 1.14 bits per heavy atom. The van der Waals surface area contributed by atoms with Gasteiger partial charge in [0.2, 0.25) is 5.91 Å². The molecule has 0 aliphatic carbocycles. The molecule has 0 saturated heterocycles. The van der Waals surface area contributed by atoms with E-state index in [0.29, 0.717) is 16.3 Å². The molecule has 0 aliphatic heterocycles. The van der Waals surface area contributed by atoms with Gasteiger partial charge in [-0.3, -0.25) is 4.79 Å². The number of nitrogens with one attached hydrogen (secondary N) is 1. The van der Waals surface area contributed by atoms with Crippen molar-refractivity contribution in [1.29, 1.82) is 0 Å². The third kappa shape index (κ3) is 4.31. The quantitative estimate of drug-likeness (QED) is 0.650. The van der Waals surface area contributed by atoms with Crippen LogP contribution < -0.4 is 10.1 Å². The Morgan fingerprint density at radius 3 is 2.43 bits per heavy atom. The van der Waals surface area contributed by atoms with Crippen LogP contribution in [0, 0.1) is 0 Å². The Balaban J connectivity index is 2.25. The molecule has 108 valence electrons. The van der Waals surface area contributed by atoms with E-state index in [2.05, 4.69) is 21.2 Å². The number of anilines is 1. The fourth-order valence-corrected chi connectivity index (χ4v) is 2.08. The molecule has 2 aromatic carbocycles. The van der Waals surface area contributed by atoms with Crippen LogP contribution in [0.1, 0.15) is 17.3 Å². The van der Waals surface area contributed by atoms with Gasteiger partial charge >= 0.3 is 5.97 Å². The average Bonchev–Trinajstić information content (AvgIpc) is 2.42. The third-order valence-electron chi connectivity index (χ3n) is 2.54.